The summed E-state index contributed by atoms with van der Waals surface area (Å²) in [4.78, 5) is 24.5. The molecule has 3 aliphatic rings. The van der Waals surface area contributed by atoms with Gasteiger partial charge in [-0.15, -0.1) is 0 Å². The third-order valence-electron chi connectivity index (χ3n) is 6.69. The lowest BCUT2D eigenvalue weighted by molar-refractivity contribution is -0.249. The van der Waals surface area contributed by atoms with Crippen molar-refractivity contribution in [2.45, 2.75) is 57.7 Å². The van der Waals surface area contributed by atoms with Gasteiger partial charge in [-0.3, -0.25) is 9.59 Å². The predicted molar refractivity (Wildman–Crippen MR) is 69.7 cm³/mol. The van der Waals surface area contributed by atoms with E-state index in [1.165, 1.54) is 6.92 Å². The first-order valence-corrected chi connectivity index (χ1v) is 7.24. The van der Waals surface area contributed by atoms with E-state index >= 15 is 0 Å². The van der Waals surface area contributed by atoms with Crippen LogP contribution in [0, 0.1) is 16.7 Å². The second kappa shape index (κ2) is 3.63. The highest BCUT2D eigenvalue weighted by Gasteiger charge is 2.77. The zero-order valence-electron chi connectivity index (χ0n) is 12.2. The van der Waals surface area contributed by atoms with Gasteiger partial charge in [0.25, 0.3) is 0 Å². The molecule has 0 aromatic rings. The maximum absolute atomic E-state index is 12.5. The van der Waals surface area contributed by atoms with Gasteiger partial charge in [0.2, 0.25) is 0 Å². The summed E-state index contributed by atoms with van der Waals surface area (Å²) in [5.41, 5.74) is -4.89. The number of esters is 1. The van der Waals surface area contributed by atoms with Gasteiger partial charge >= 0.3 is 5.97 Å². The van der Waals surface area contributed by atoms with E-state index in [-0.39, 0.29) is 37.1 Å². The SMILES string of the molecule is C[C@@H]1CC[C@@]2(O)[C@]13CC(=O)OC[C@]2(C)[C@@](C)(O)C(=O)C3. The maximum Gasteiger partial charge on any atom is 0.306 e. The van der Waals surface area contributed by atoms with Crippen LogP contribution in [0.4, 0.5) is 0 Å². The summed E-state index contributed by atoms with van der Waals surface area (Å²) in [5.74, 6) is -0.624. The average molecular weight is 282 g/mol. The fourth-order valence-corrected chi connectivity index (χ4v) is 4.85. The van der Waals surface area contributed by atoms with Crippen LogP contribution in [-0.2, 0) is 14.3 Å². The number of Topliss-reactive ketones (excluding diaryl/α,β-unsaturated/α-hetero) is 1. The topological polar surface area (TPSA) is 83.8 Å². The number of aliphatic hydroxyl groups is 2. The minimum atomic E-state index is -1.68. The Balaban J connectivity index is 2.28. The molecule has 0 aromatic heterocycles. The molecule has 0 radical (unpaired) electrons. The highest BCUT2D eigenvalue weighted by atomic mass is 16.5. The summed E-state index contributed by atoms with van der Waals surface area (Å²) < 4.78 is 5.24. The van der Waals surface area contributed by atoms with E-state index in [1.54, 1.807) is 6.92 Å². The number of hydrogen-bond acceptors (Lipinski definition) is 5. The van der Waals surface area contributed by atoms with E-state index in [0.29, 0.717) is 6.42 Å². The minimum Gasteiger partial charge on any atom is -0.465 e. The fourth-order valence-electron chi connectivity index (χ4n) is 4.85. The molecule has 2 saturated carbocycles. The van der Waals surface area contributed by atoms with E-state index in [0.717, 1.165) is 6.42 Å². The van der Waals surface area contributed by atoms with Crippen LogP contribution in [-0.4, -0.2) is 39.8 Å². The third kappa shape index (κ3) is 1.22. The molecule has 5 heteroatoms. The van der Waals surface area contributed by atoms with Crippen LogP contribution in [0.15, 0.2) is 0 Å². The van der Waals surface area contributed by atoms with Gasteiger partial charge in [-0.1, -0.05) is 13.8 Å². The standard InChI is InChI=1S/C15H22O5/c1-9-4-5-15(19)12(2)8-20-11(17)7-14(9,15)6-10(16)13(12,3)18/h9,18-19H,4-8H2,1-3H3/t9-,12-,13+,14-,15+/m1/s1. The Hall–Kier alpha value is -0.940. The van der Waals surface area contributed by atoms with Crippen LogP contribution >= 0.6 is 0 Å². The van der Waals surface area contributed by atoms with Crippen molar-refractivity contribution in [1.82, 2.24) is 0 Å². The number of ether oxygens (including phenoxy) is 1. The van der Waals surface area contributed by atoms with Gasteiger partial charge in [0.1, 0.15) is 12.2 Å². The molecule has 1 aliphatic heterocycles. The lowest BCUT2D eigenvalue weighted by Gasteiger charge is -2.60. The van der Waals surface area contributed by atoms with Crippen LogP contribution in [0.1, 0.15) is 46.5 Å². The predicted octanol–water partition coefficient (Wildman–Crippen LogP) is 0.811. The van der Waals surface area contributed by atoms with Crippen molar-refractivity contribution >= 4 is 11.8 Å². The second-order valence-corrected chi connectivity index (χ2v) is 7.30. The molecule has 0 aromatic carbocycles. The smallest absolute Gasteiger partial charge is 0.306 e. The van der Waals surface area contributed by atoms with Gasteiger partial charge in [-0.05, 0) is 25.7 Å². The molecule has 0 amide bonds. The van der Waals surface area contributed by atoms with Gasteiger partial charge in [0.15, 0.2) is 5.78 Å². The minimum absolute atomic E-state index is 0.0440. The van der Waals surface area contributed by atoms with Crippen LogP contribution in [0.5, 0.6) is 0 Å². The Bertz CT molecular complexity index is 498. The molecule has 112 valence electrons. The van der Waals surface area contributed by atoms with Crippen LogP contribution in [0.25, 0.3) is 0 Å². The molecule has 2 aliphatic carbocycles. The zero-order valence-corrected chi connectivity index (χ0v) is 12.2. The average Bonchev–Trinajstić information content (AvgIpc) is 2.57. The van der Waals surface area contributed by atoms with Gasteiger partial charge in [-0.25, -0.2) is 0 Å². The highest BCUT2D eigenvalue weighted by molar-refractivity contribution is 5.91. The fraction of sp³-hybridized carbons (Fsp3) is 0.867. The number of hydrogen-bond donors (Lipinski definition) is 2. The van der Waals surface area contributed by atoms with Crippen LogP contribution in [0.2, 0.25) is 0 Å². The lowest BCUT2D eigenvalue weighted by atomic mass is 9.46. The van der Waals surface area contributed by atoms with Crippen molar-refractivity contribution in [1.29, 1.82) is 0 Å². The largest absolute Gasteiger partial charge is 0.465 e. The van der Waals surface area contributed by atoms with Crippen LogP contribution in [0.3, 0.4) is 0 Å². The van der Waals surface area contributed by atoms with E-state index in [2.05, 4.69) is 0 Å². The van der Waals surface area contributed by atoms with Gasteiger partial charge < -0.3 is 14.9 Å². The summed E-state index contributed by atoms with van der Waals surface area (Å²) in [7, 11) is 0. The Labute approximate surface area is 118 Å². The third-order valence-corrected chi connectivity index (χ3v) is 6.69. The van der Waals surface area contributed by atoms with Crippen LogP contribution < -0.4 is 0 Å². The van der Waals surface area contributed by atoms with E-state index in [4.69, 9.17) is 4.74 Å². The molecule has 5 atom stereocenters. The quantitative estimate of drug-likeness (QED) is 0.642. The molecule has 20 heavy (non-hydrogen) atoms. The Morgan fingerprint density at radius 2 is 1.85 bits per heavy atom. The molecule has 5 nitrogen and oxygen atoms in total. The molecule has 0 spiro atoms. The highest BCUT2D eigenvalue weighted by Crippen LogP contribution is 2.68. The molecule has 1 saturated heterocycles. The number of carbonyl (C=O) groups is 2. The van der Waals surface area contributed by atoms with Gasteiger partial charge in [0, 0.05) is 11.8 Å². The summed E-state index contributed by atoms with van der Waals surface area (Å²) in [6.07, 6.45) is 1.35. The van der Waals surface area contributed by atoms with Crippen molar-refractivity contribution in [2.75, 3.05) is 6.61 Å². The molecule has 2 N–H and O–H groups in total. The summed E-state index contributed by atoms with van der Waals surface area (Å²) in [6, 6.07) is 0. The number of ketones is 1. The first-order valence-electron chi connectivity index (χ1n) is 7.24. The summed E-state index contributed by atoms with van der Waals surface area (Å²) in [5, 5.41) is 22.1. The summed E-state index contributed by atoms with van der Waals surface area (Å²) in [6.45, 7) is 4.98. The van der Waals surface area contributed by atoms with Crippen molar-refractivity contribution in [3.05, 3.63) is 0 Å². The monoisotopic (exact) mass is 282 g/mol. The number of carbonyl (C=O) groups excluding carboxylic acids is 2. The lowest BCUT2D eigenvalue weighted by Crippen LogP contribution is -2.73. The molecule has 3 rings (SSSR count). The maximum atomic E-state index is 12.5. The van der Waals surface area contributed by atoms with Gasteiger partial charge in [-0.2, -0.15) is 0 Å². The molecule has 2 bridgehead atoms. The molecular weight excluding hydrogens is 260 g/mol. The zero-order chi connectivity index (χ0) is 15.0. The molecular formula is C15H22O5. The Morgan fingerprint density at radius 1 is 1.20 bits per heavy atom. The van der Waals surface area contributed by atoms with Crippen molar-refractivity contribution < 1.29 is 24.5 Å². The molecule has 0 unspecified atom stereocenters. The first kappa shape index (κ1) is 14.0. The normalized spacial score (nSPS) is 55.1. The Kier molecular flexibility index (Phi) is 2.54. The van der Waals surface area contributed by atoms with E-state index in [9.17, 15) is 19.8 Å². The second-order valence-electron chi connectivity index (χ2n) is 7.30. The van der Waals surface area contributed by atoms with E-state index < -0.39 is 22.0 Å². The van der Waals surface area contributed by atoms with E-state index in [1.807, 2.05) is 6.92 Å². The van der Waals surface area contributed by atoms with Crippen molar-refractivity contribution in [3.8, 4) is 0 Å². The van der Waals surface area contributed by atoms with Gasteiger partial charge in [0.05, 0.1) is 17.4 Å². The van der Waals surface area contributed by atoms with Crippen molar-refractivity contribution in [3.63, 3.8) is 0 Å². The molecule has 1 heterocycles. The first-order chi connectivity index (χ1) is 9.11. The number of cyclic esters (lactones) is 1. The molecule has 3 fully saturated rings. The Morgan fingerprint density at radius 3 is 2.50 bits per heavy atom. The van der Waals surface area contributed by atoms with Crippen molar-refractivity contribution in [2.24, 2.45) is 16.7 Å². The number of rotatable bonds is 0. The summed E-state index contributed by atoms with van der Waals surface area (Å²) >= 11 is 0.